The Balaban J connectivity index is 1.73. The standard InChI is InChI=1S/C24H34N6O4S/c1-4-9-21-26-19(5-2)22-24(31)27-23(28-30(21)22)18-16-17(10-11-20(18)34-6-3)35(32,33)25-12-15-29-13-7-8-14-29/h10-11,16,25H,4-9,12-15H2,1-3H3,(H,27,28,31). The molecule has 0 spiro atoms. The summed E-state index contributed by atoms with van der Waals surface area (Å²) in [6, 6.07) is 4.62. The molecule has 0 bridgehead atoms. The molecule has 1 fully saturated rings. The molecule has 1 aliphatic heterocycles. The van der Waals surface area contributed by atoms with Crippen LogP contribution in [-0.4, -0.2) is 65.7 Å². The molecule has 0 atom stereocenters. The molecule has 0 amide bonds. The van der Waals surface area contributed by atoms with Gasteiger partial charge in [-0.15, -0.1) is 5.10 Å². The molecule has 2 N–H and O–H groups in total. The van der Waals surface area contributed by atoms with Crippen LogP contribution in [0.4, 0.5) is 0 Å². The predicted octanol–water partition coefficient (Wildman–Crippen LogP) is 2.37. The molecule has 3 heterocycles. The fraction of sp³-hybridized carbons (Fsp3) is 0.542. The van der Waals surface area contributed by atoms with Crippen LogP contribution in [0.2, 0.25) is 0 Å². The van der Waals surface area contributed by atoms with E-state index in [-0.39, 0.29) is 16.3 Å². The maximum atomic E-state index is 13.1. The van der Waals surface area contributed by atoms with E-state index >= 15 is 0 Å². The number of hydrogen-bond acceptors (Lipinski definition) is 7. The van der Waals surface area contributed by atoms with Crippen LogP contribution in [0.15, 0.2) is 27.9 Å². The second-order valence-corrected chi connectivity index (χ2v) is 10.4. The Bertz CT molecular complexity index is 1340. The lowest BCUT2D eigenvalue weighted by Crippen LogP contribution is -2.33. The van der Waals surface area contributed by atoms with Gasteiger partial charge in [-0.3, -0.25) is 4.79 Å². The highest BCUT2D eigenvalue weighted by Crippen LogP contribution is 2.30. The highest BCUT2D eigenvalue weighted by molar-refractivity contribution is 7.89. The number of imidazole rings is 1. The van der Waals surface area contributed by atoms with Gasteiger partial charge in [-0.05, 0) is 63.9 Å². The average molecular weight is 503 g/mol. The summed E-state index contributed by atoms with van der Waals surface area (Å²) in [5.41, 5.74) is 1.20. The summed E-state index contributed by atoms with van der Waals surface area (Å²) in [5.74, 6) is 1.38. The van der Waals surface area contributed by atoms with Gasteiger partial charge in [0.05, 0.1) is 22.8 Å². The summed E-state index contributed by atoms with van der Waals surface area (Å²) in [7, 11) is -3.75. The van der Waals surface area contributed by atoms with E-state index in [1.54, 1.807) is 10.6 Å². The van der Waals surface area contributed by atoms with Crippen molar-refractivity contribution in [3.63, 3.8) is 0 Å². The normalized spacial score (nSPS) is 14.7. The van der Waals surface area contributed by atoms with Gasteiger partial charge in [0.25, 0.3) is 5.56 Å². The zero-order valence-corrected chi connectivity index (χ0v) is 21.4. The lowest BCUT2D eigenvalue weighted by Gasteiger charge is -2.16. The Hall–Kier alpha value is -2.76. The van der Waals surface area contributed by atoms with Gasteiger partial charge in [0.1, 0.15) is 11.6 Å². The number of aromatic nitrogens is 4. The third-order valence-corrected chi connectivity index (χ3v) is 7.64. The van der Waals surface area contributed by atoms with Crippen LogP contribution in [0.1, 0.15) is 51.6 Å². The third-order valence-electron chi connectivity index (χ3n) is 6.18. The molecule has 4 rings (SSSR count). The van der Waals surface area contributed by atoms with Crippen molar-refractivity contribution in [2.75, 3.05) is 32.8 Å². The predicted molar refractivity (Wildman–Crippen MR) is 134 cm³/mol. The number of fused-ring (bicyclic) bond motifs is 1. The van der Waals surface area contributed by atoms with Crippen LogP contribution in [0.25, 0.3) is 16.9 Å². The van der Waals surface area contributed by atoms with Gasteiger partial charge in [0.15, 0.2) is 11.3 Å². The van der Waals surface area contributed by atoms with E-state index in [0.717, 1.165) is 32.4 Å². The lowest BCUT2D eigenvalue weighted by atomic mass is 10.2. The summed E-state index contributed by atoms with van der Waals surface area (Å²) in [6.07, 6.45) is 4.44. The highest BCUT2D eigenvalue weighted by Gasteiger charge is 2.21. The van der Waals surface area contributed by atoms with Crippen LogP contribution < -0.4 is 15.0 Å². The van der Waals surface area contributed by atoms with Crippen molar-refractivity contribution in [1.82, 2.24) is 29.2 Å². The van der Waals surface area contributed by atoms with Crippen molar-refractivity contribution in [3.05, 3.63) is 40.1 Å². The molecule has 190 valence electrons. The lowest BCUT2D eigenvalue weighted by molar-refractivity contribution is 0.341. The number of H-pyrrole nitrogens is 1. The summed E-state index contributed by atoms with van der Waals surface area (Å²) in [5, 5.41) is 4.67. The van der Waals surface area contributed by atoms with E-state index in [0.29, 0.717) is 60.9 Å². The Morgan fingerprint density at radius 1 is 1.17 bits per heavy atom. The molecule has 35 heavy (non-hydrogen) atoms. The number of sulfonamides is 1. The fourth-order valence-electron chi connectivity index (χ4n) is 4.46. The van der Waals surface area contributed by atoms with E-state index in [1.807, 2.05) is 20.8 Å². The van der Waals surface area contributed by atoms with Crippen molar-refractivity contribution < 1.29 is 13.2 Å². The van der Waals surface area contributed by atoms with Crippen LogP contribution >= 0.6 is 0 Å². The van der Waals surface area contributed by atoms with Crippen LogP contribution in [-0.2, 0) is 22.9 Å². The summed E-state index contributed by atoms with van der Waals surface area (Å²) in [4.78, 5) is 22.8. The molecule has 1 aliphatic rings. The molecule has 1 saturated heterocycles. The SMILES string of the molecule is CCCc1nc(CC)c2c(=O)[nH]c(-c3cc(S(=O)(=O)NCCN4CCCC4)ccc3OCC)nn12. The molecule has 0 unspecified atom stereocenters. The quantitative estimate of drug-likeness (QED) is 0.413. The maximum absolute atomic E-state index is 13.1. The minimum Gasteiger partial charge on any atom is -0.493 e. The zero-order valence-electron chi connectivity index (χ0n) is 20.6. The maximum Gasteiger partial charge on any atom is 0.277 e. The first-order valence-electron chi connectivity index (χ1n) is 12.4. The summed E-state index contributed by atoms with van der Waals surface area (Å²) in [6.45, 7) is 9.23. The molecule has 10 nitrogen and oxygen atoms in total. The van der Waals surface area contributed by atoms with Crippen molar-refractivity contribution in [3.8, 4) is 17.1 Å². The van der Waals surface area contributed by atoms with Gasteiger partial charge in [-0.2, -0.15) is 0 Å². The van der Waals surface area contributed by atoms with Crippen LogP contribution in [0.3, 0.4) is 0 Å². The van der Waals surface area contributed by atoms with Gasteiger partial charge in [0.2, 0.25) is 10.0 Å². The fourth-order valence-corrected chi connectivity index (χ4v) is 5.50. The van der Waals surface area contributed by atoms with E-state index in [9.17, 15) is 13.2 Å². The Morgan fingerprint density at radius 2 is 1.94 bits per heavy atom. The number of hydrogen-bond donors (Lipinski definition) is 2. The van der Waals surface area contributed by atoms with E-state index in [2.05, 4.69) is 24.7 Å². The van der Waals surface area contributed by atoms with Crippen molar-refractivity contribution in [2.24, 2.45) is 0 Å². The summed E-state index contributed by atoms with van der Waals surface area (Å²) >= 11 is 0. The summed E-state index contributed by atoms with van der Waals surface area (Å²) < 4.78 is 36.1. The highest BCUT2D eigenvalue weighted by atomic mass is 32.2. The molecule has 1 aromatic carbocycles. The number of benzene rings is 1. The van der Waals surface area contributed by atoms with Crippen LogP contribution in [0.5, 0.6) is 5.75 Å². The largest absolute Gasteiger partial charge is 0.493 e. The van der Waals surface area contributed by atoms with Gasteiger partial charge in [-0.25, -0.2) is 22.6 Å². The molecular weight excluding hydrogens is 468 g/mol. The third kappa shape index (κ3) is 5.41. The number of nitrogens with one attached hydrogen (secondary N) is 2. The van der Waals surface area contributed by atoms with E-state index in [1.165, 1.54) is 12.1 Å². The smallest absolute Gasteiger partial charge is 0.277 e. The van der Waals surface area contributed by atoms with Crippen molar-refractivity contribution >= 4 is 15.5 Å². The molecule has 3 aromatic rings. The van der Waals surface area contributed by atoms with Crippen molar-refractivity contribution in [2.45, 2.75) is 57.8 Å². The molecule has 0 saturated carbocycles. The first kappa shape index (κ1) is 25.3. The van der Waals surface area contributed by atoms with Gasteiger partial charge in [0, 0.05) is 19.5 Å². The van der Waals surface area contributed by atoms with Gasteiger partial charge < -0.3 is 14.6 Å². The number of likely N-dealkylation sites (tertiary alicyclic amines) is 1. The van der Waals surface area contributed by atoms with Crippen molar-refractivity contribution in [1.29, 1.82) is 0 Å². The van der Waals surface area contributed by atoms with Gasteiger partial charge in [-0.1, -0.05) is 13.8 Å². The Kier molecular flexibility index (Phi) is 7.88. The molecule has 2 aromatic heterocycles. The number of rotatable bonds is 11. The topological polar surface area (TPSA) is 122 Å². The first-order chi connectivity index (χ1) is 16.9. The minimum absolute atomic E-state index is 0.0915. The van der Waals surface area contributed by atoms with E-state index < -0.39 is 10.0 Å². The number of nitrogens with zero attached hydrogens (tertiary/aromatic N) is 4. The number of aromatic amines is 1. The average Bonchev–Trinajstić information content (AvgIpc) is 3.48. The van der Waals surface area contributed by atoms with E-state index in [4.69, 9.17) is 4.74 Å². The molecule has 0 aliphatic carbocycles. The van der Waals surface area contributed by atoms with Crippen LogP contribution in [0, 0.1) is 0 Å². The molecule has 0 radical (unpaired) electrons. The first-order valence-corrected chi connectivity index (χ1v) is 13.9. The second-order valence-electron chi connectivity index (χ2n) is 8.68. The Labute approximate surface area is 205 Å². The second kappa shape index (κ2) is 10.9. The number of ether oxygens (including phenoxy) is 1. The Morgan fingerprint density at radius 3 is 2.63 bits per heavy atom. The monoisotopic (exact) mass is 502 g/mol. The van der Waals surface area contributed by atoms with Gasteiger partial charge >= 0.3 is 0 Å². The number of aryl methyl sites for hydroxylation is 2. The zero-order chi connectivity index (χ0) is 25.0. The molecule has 11 heteroatoms. The molecular formula is C24H34N6O4S. The minimum atomic E-state index is -3.75.